The van der Waals surface area contributed by atoms with Gasteiger partial charge in [0.1, 0.15) is 12.4 Å². The van der Waals surface area contributed by atoms with Gasteiger partial charge in [-0.3, -0.25) is 19.7 Å². The number of amides is 1. The summed E-state index contributed by atoms with van der Waals surface area (Å²) in [4.78, 5) is 28.8. The lowest BCUT2D eigenvalue weighted by Crippen LogP contribution is -2.26. The van der Waals surface area contributed by atoms with Crippen molar-refractivity contribution in [1.29, 1.82) is 0 Å². The molecular weight excluding hydrogens is 392 g/mol. The number of fused-ring (bicyclic) bond motifs is 3. The lowest BCUT2D eigenvalue weighted by molar-refractivity contribution is -0.137. The largest absolute Gasteiger partial charge is 0.416 e. The first-order valence-corrected chi connectivity index (χ1v) is 8.36. The van der Waals surface area contributed by atoms with Gasteiger partial charge in [0.25, 0.3) is 5.56 Å². The highest BCUT2D eigenvalue weighted by Crippen LogP contribution is 2.30. The first-order chi connectivity index (χ1) is 13.7. The van der Waals surface area contributed by atoms with E-state index in [1.54, 1.807) is 0 Å². The Balaban J connectivity index is 1.63. The molecular formula is C19H12F4N4O2. The quantitative estimate of drug-likeness (QED) is 0.512. The highest BCUT2D eigenvalue weighted by Gasteiger charge is 2.30. The van der Waals surface area contributed by atoms with Crippen LogP contribution in [0.15, 0.2) is 53.5 Å². The van der Waals surface area contributed by atoms with Gasteiger partial charge < -0.3 is 5.32 Å². The van der Waals surface area contributed by atoms with E-state index in [0.717, 1.165) is 16.8 Å². The van der Waals surface area contributed by atoms with Gasteiger partial charge >= 0.3 is 6.18 Å². The number of nitrogens with one attached hydrogen (secondary N) is 2. The molecule has 10 heteroatoms. The Morgan fingerprint density at radius 3 is 2.69 bits per heavy atom. The van der Waals surface area contributed by atoms with Gasteiger partial charge in [-0.25, -0.2) is 9.07 Å². The second kappa shape index (κ2) is 6.73. The maximum atomic E-state index is 13.6. The van der Waals surface area contributed by atoms with Crippen LogP contribution in [0.1, 0.15) is 5.56 Å². The standard InChI is InChI=1S/C19H12F4N4O2/c20-11-4-5-15-13(7-11)17-14(8-24-15)18(29)27(26-17)9-16(28)25-12-3-1-2-10(6-12)19(21,22)23/h1-8,26H,9H2,(H,25,28). The van der Waals surface area contributed by atoms with E-state index in [1.807, 2.05) is 0 Å². The Kier molecular flexibility index (Phi) is 4.33. The minimum atomic E-state index is -4.54. The second-order valence-corrected chi connectivity index (χ2v) is 6.34. The van der Waals surface area contributed by atoms with Crippen LogP contribution in [0.2, 0.25) is 0 Å². The SMILES string of the molecule is O=C(Cn1[nH]c2c(cnc3ccc(F)cc32)c1=O)Nc1cccc(C(F)(F)F)c1. The first kappa shape index (κ1) is 18.7. The molecule has 0 spiro atoms. The van der Waals surface area contributed by atoms with E-state index >= 15 is 0 Å². The predicted molar refractivity (Wildman–Crippen MR) is 97.9 cm³/mol. The monoisotopic (exact) mass is 404 g/mol. The fraction of sp³-hybridized carbons (Fsp3) is 0.105. The molecule has 2 N–H and O–H groups in total. The van der Waals surface area contributed by atoms with Crippen LogP contribution in [0.3, 0.4) is 0 Å². The van der Waals surface area contributed by atoms with Crippen LogP contribution in [0.4, 0.5) is 23.2 Å². The molecule has 1 amide bonds. The van der Waals surface area contributed by atoms with E-state index in [2.05, 4.69) is 15.4 Å². The van der Waals surface area contributed by atoms with Gasteiger partial charge in [0.2, 0.25) is 5.91 Å². The van der Waals surface area contributed by atoms with Crippen LogP contribution in [0.25, 0.3) is 21.8 Å². The zero-order valence-electron chi connectivity index (χ0n) is 14.5. The summed E-state index contributed by atoms with van der Waals surface area (Å²) in [5.41, 5.74) is -0.745. The molecule has 2 aromatic heterocycles. The van der Waals surface area contributed by atoms with E-state index < -0.39 is 35.6 Å². The van der Waals surface area contributed by atoms with Crippen molar-refractivity contribution in [3.63, 3.8) is 0 Å². The molecule has 0 saturated heterocycles. The van der Waals surface area contributed by atoms with Crippen LogP contribution >= 0.6 is 0 Å². The van der Waals surface area contributed by atoms with Crippen molar-refractivity contribution < 1.29 is 22.4 Å². The van der Waals surface area contributed by atoms with Gasteiger partial charge in [-0.2, -0.15) is 13.2 Å². The van der Waals surface area contributed by atoms with Crippen molar-refractivity contribution in [2.75, 3.05) is 5.32 Å². The summed E-state index contributed by atoms with van der Waals surface area (Å²) in [6.07, 6.45) is -3.23. The average Bonchev–Trinajstić information content (AvgIpc) is 2.97. The Morgan fingerprint density at radius 1 is 1.14 bits per heavy atom. The number of hydrogen-bond acceptors (Lipinski definition) is 3. The van der Waals surface area contributed by atoms with E-state index in [0.29, 0.717) is 16.4 Å². The predicted octanol–water partition coefficient (Wildman–Crippen LogP) is 3.67. The number of carbonyl (C=O) groups is 1. The molecule has 29 heavy (non-hydrogen) atoms. The van der Waals surface area contributed by atoms with Gasteiger partial charge in [0, 0.05) is 17.3 Å². The number of rotatable bonds is 3. The number of halogens is 4. The zero-order valence-corrected chi connectivity index (χ0v) is 14.5. The van der Waals surface area contributed by atoms with Gasteiger partial charge in [-0.1, -0.05) is 6.07 Å². The highest BCUT2D eigenvalue weighted by atomic mass is 19.4. The Labute approximate surface area is 159 Å². The molecule has 0 unspecified atom stereocenters. The van der Waals surface area contributed by atoms with E-state index in [1.165, 1.54) is 36.5 Å². The third kappa shape index (κ3) is 3.56. The number of H-pyrrole nitrogens is 1. The first-order valence-electron chi connectivity index (χ1n) is 8.36. The molecule has 2 heterocycles. The number of hydrogen-bond donors (Lipinski definition) is 2. The summed E-state index contributed by atoms with van der Waals surface area (Å²) in [6.45, 7) is -0.472. The van der Waals surface area contributed by atoms with Gasteiger partial charge in [0.15, 0.2) is 0 Å². The Bertz CT molecular complexity index is 1310. The lowest BCUT2D eigenvalue weighted by atomic mass is 10.2. The number of alkyl halides is 3. The lowest BCUT2D eigenvalue weighted by Gasteiger charge is -2.10. The van der Waals surface area contributed by atoms with Crippen LogP contribution in [-0.4, -0.2) is 20.7 Å². The summed E-state index contributed by atoms with van der Waals surface area (Å²) in [6, 6.07) is 8.06. The average molecular weight is 404 g/mol. The van der Waals surface area contributed by atoms with Gasteiger partial charge in [-0.15, -0.1) is 0 Å². The molecule has 0 radical (unpaired) electrons. The molecule has 0 atom stereocenters. The number of anilines is 1. The molecule has 0 fully saturated rings. The summed E-state index contributed by atoms with van der Waals surface area (Å²) in [5.74, 6) is -1.22. The van der Waals surface area contributed by atoms with Crippen LogP contribution in [0, 0.1) is 5.82 Å². The van der Waals surface area contributed by atoms with E-state index in [9.17, 15) is 27.2 Å². The number of pyridine rings is 1. The van der Waals surface area contributed by atoms with Crippen molar-refractivity contribution in [1.82, 2.24) is 14.8 Å². The number of benzene rings is 2. The maximum absolute atomic E-state index is 13.6. The van der Waals surface area contributed by atoms with Gasteiger partial charge in [0.05, 0.1) is 22.0 Å². The molecule has 4 rings (SSSR count). The molecule has 0 aliphatic heterocycles. The summed E-state index contributed by atoms with van der Waals surface area (Å²) >= 11 is 0. The van der Waals surface area contributed by atoms with Crippen molar-refractivity contribution in [3.05, 3.63) is 70.4 Å². The zero-order chi connectivity index (χ0) is 20.8. The van der Waals surface area contributed by atoms with Crippen molar-refractivity contribution in [3.8, 4) is 0 Å². The van der Waals surface area contributed by atoms with Crippen molar-refractivity contribution in [2.24, 2.45) is 0 Å². The smallest absolute Gasteiger partial charge is 0.324 e. The summed E-state index contributed by atoms with van der Waals surface area (Å²) in [7, 11) is 0. The molecule has 0 aliphatic carbocycles. The summed E-state index contributed by atoms with van der Waals surface area (Å²) < 4.78 is 52.9. The summed E-state index contributed by atoms with van der Waals surface area (Å²) in [5, 5.41) is 5.60. The molecule has 0 aliphatic rings. The Hall–Kier alpha value is -3.69. The third-order valence-corrected chi connectivity index (χ3v) is 4.33. The molecule has 0 saturated carbocycles. The van der Waals surface area contributed by atoms with E-state index in [4.69, 9.17) is 0 Å². The minimum absolute atomic E-state index is 0.0526. The van der Waals surface area contributed by atoms with Gasteiger partial charge in [-0.05, 0) is 36.4 Å². The molecule has 6 nitrogen and oxygen atoms in total. The fourth-order valence-electron chi connectivity index (χ4n) is 3.01. The van der Waals surface area contributed by atoms with Crippen LogP contribution in [0.5, 0.6) is 0 Å². The maximum Gasteiger partial charge on any atom is 0.416 e. The molecule has 2 aromatic carbocycles. The van der Waals surface area contributed by atoms with Crippen molar-refractivity contribution >= 4 is 33.4 Å². The highest BCUT2D eigenvalue weighted by molar-refractivity contribution is 6.02. The molecule has 0 bridgehead atoms. The fourth-order valence-corrected chi connectivity index (χ4v) is 3.01. The number of carbonyl (C=O) groups excluding carboxylic acids is 1. The molecule has 148 valence electrons. The third-order valence-electron chi connectivity index (χ3n) is 4.33. The number of aromatic amines is 1. The van der Waals surface area contributed by atoms with Crippen LogP contribution in [-0.2, 0) is 17.5 Å². The molecule has 4 aromatic rings. The minimum Gasteiger partial charge on any atom is -0.324 e. The number of aromatic nitrogens is 3. The van der Waals surface area contributed by atoms with Crippen molar-refractivity contribution in [2.45, 2.75) is 12.7 Å². The van der Waals surface area contributed by atoms with E-state index in [-0.39, 0.29) is 11.1 Å². The topological polar surface area (TPSA) is 79.8 Å². The number of nitrogens with zero attached hydrogens (tertiary/aromatic N) is 2. The van der Waals surface area contributed by atoms with Crippen LogP contribution < -0.4 is 10.9 Å². The normalized spacial score (nSPS) is 11.9. The second-order valence-electron chi connectivity index (χ2n) is 6.34. The Morgan fingerprint density at radius 2 is 1.93 bits per heavy atom.